The lowest BCUT2D eigenvalue weighted by atomic mass is 10.1. The van der Waals surface area contributed by atoms with E-state index in [0.717, 1.165) is 31.5 Å². The largest absolute Gasteiger partial charge is 0.405 e. The molecule has 1 aromatic carbocycles. The maximum Gasteiger partial charge on any atom is 0.405 e. The molecule has 1 aromatic rings. The van der Waals surface area contributed by atoms with Gasteiger partial charge in [0, 0.05) is 11.6 Å². The van der Waals surface area contributed by atoms with Crippen molar-refractivity contribution in [2.45, 2.75) is 31.5 Å². The second-order valence-corrected chi connectivity index (χ2v) is 6.62. The van der Waals surface area contributed by atoms with Gasteiger partial charge in [0.2, 0.25) is 11.8 Å². The molecule has 1 saturated heterocycles. The van der Waals surface area contributed by atoms with Crippen molar-refractivity contribution in [1.82, 2.24) is 15.5 Å². The highest BCUT2D eigenvalue weighted by molar-refractivity contribution is 6.30. The molecule has 2 N–H and O–H groups in total. The third-order valence-corrected chi connectivity index (χ3v) is 4.35. The Balaban J connectivity index is 1.90. The van der Waals surface area contributed by atoms with E-state index in [9.17, 15) is 22.8 Å². The minimum atomic E-state index is -4.50. The Morgan fingerprint density at radius 1 is 1.15 bits per heavy atom. The number of alkyl halides is 3. The van der Waals surface area contributed by atoms with E-state index >= 15 is 0 Å². The van der Waals surface area contributed by atoms with Crippen LogP contribution in [0.25, 0.3) is 0 Å². The highest BCUT2D eigenvalue weighted by Gasteiger charge is 2.28. The highest BCUT2D eigenvalue weighted by Crippen LogP contribution is 2.26. The van der Waals surface area contributed by atoms with Crippen LogP contribution < -0.4 is 10.6 Å². The standard InChI is InChI=1S/C17H21ClF3N3O2/c18-13-5-3-4-12(8-13)14(24-6-1-2-7-24)10-22-15(25)9-16(26)23-11-17(19,20)21/h3-5,8,14H,1-2,6-7,9-11H2,(H,22,25)(H,23,26)/t14-/m1/s1. The molecule has 0 aliphatic carbocycles. The van der Waals surface area contributed by atoms with Crippen molar-refractivity contribution in [2.24, 2.45) is 0 Å². The zero-order valence-electron chi connectivity index (χ0n) is 14.1. The first kappa shape index (κ1) is 20.5. The summed E-state index contributed by atoms with van der Waals surface area (Å²) in [5.41, 5.74) is 0.946. The SMILES string of the molecule is O=C(CC(=O)NCC(F)(F)F)NC[C@H](c1cccc(Cl)c1)N1CCCC1. The van der Waals surface area contributed by atoms with Gasteiger partial charge in [-0.25, -0.2) is 0 Å². The molecule has 2 amide bonds. The molecule has 9 heteroatoms. The first-order valence-electron chi connectivity index (χ1n) is 8.34. The summed E-state index contributed by atoms with van der Waals surface area (Å²) in [5, 5.41) is 4.91. The van der Waals surface area contributed by atoms with Gasteiger partial charge in [-0.1, -0.05) is 23.7 Å². The molecule has 1 aliphatic rings. The maximum absolute atomic E-state index is 12.1. The molecule has 0 aromatic heterocycles. The molecule has 0 saturated carbocycles. The number of hydrogen-bond donors (Lipinski definition) is 2. The molecule has 5 nitrogen and oxygen atoms in total. The van der Waals surface area contributed by atoms with Crippen LogP contribution >= 0.6 is 11.6 Å². The van der Waals surface area contributed by atoms with Crippen LogP contribution in [0.2, 0.25) is 5.02 Å². The Hall–Kier alpha value is -1.80. The van der Waals surface area contributed by atoms with Crippen LogP contribution in [0.3, 0.4) is 0 Å². The quantitative estimate of drug-likeness (QED) is 0.702. The van der Waals surface area contributed by atoms with Crippen molar-refractivity contribution in [3.8, 4) is 0 Å². The van der Waals surface area contributed by atoms with Gasteiger partial charge in [-0.15, -0.1) is 0 Å². The number of nitrogens with zero attached hydrogens (tertiary/aromatic N) is 1. The topological polar surface area (TPSA) is 61.4 Å². The van der Waals surface area contributed by atoms with Gasteiger partial charge in [0.25, 0.3) is 0 Å². The normalized spacial score (nSPS) is 16.3. The molecule has 144 valence electrons. The van der Waals surface area contributed by atoms with E-state index in [2.05, 4.69) is 10.2 Å². The summed E-state index contributed by atoms with van der Waals surface area (Å²) in [5.74, 6) is -1.57. The lowest BCUT2D eigenvalue weighted by Gasteiger charge is -2.28. The first-order chi connectivity index (χ1) is 12.2. The van der Waals surface area contributed by atoms with Gasteiger partial charge in [-0.2, -0.15) is 13.2 Å². The molecular formula is C17H21ClF3N3O2. The third kappa shape index (κ3) is 6.84. The molecule has 2 rings (SSSR count). The molecule has 1 atom stereocenters. The summed E-state index contributed by atoms with van der Waals surface area (Å²) < 4.78 is 36.2. The average molecular weight is 392 g/mol. The van der Waals surface area contributed by atoms with Crippen LogP contribution in [0.1, 0.15) is 30.9 Å². The van der Waals surface area contributed by atoms with Gasteiger partial charge in [0.1, 0.15) is 13.0 Å². The average Bonchev–Trinajstić information content (AvgIpc) is 3.07. The fourth-order valence-corrected chi connectivity index (χ4v) is 3.10. The van der Waals surface area contributed by atoms with Crippen molar-refractivity contribution in [1.29, 1.82) is 0 Å². The molecule has 1 heterocycles. The predicted molar refractivity (Wildman–Crippen MR) is 91.7 cm³/mol. The fourth-order valence-electron chi connectivity index (χ4n) is 2.91. The van der Waals surface area contributed by atoms with Crippen LogP contribution in [0.5, 0.6) is 0 Å². The van der Waals surface area contributed by atoms with Gasteiger partial charge in [-0.05, 0) is 43.6 Å². The number of rotatable bonds is 7. The second kappa shape index (κ2) is 9.23. The van der Waals surface area contributed by atoms with Gasteiger partial charge in [-0.3, -0.25) is 14.5 Å². The summed E-state index contributed by atoms with van der Waals surface area (Å²) in [6, 6.07) is 7.23. The van der Waals surface area contributed by atoms with E-state index < -0.39 is 31.0 Å². The Kier molecular flexibility index (Phi) is 7.28. The van der Waals surface area contributed by atoms with Crippen molar-refractivity contribution in [3.63, 3.8) is 0 Å². The summed E-state index contributed by atoms with van der Waals surface area (Å²) in [7, 11) is 0. The first-order valence-corrected chi connectivity index (χ1v) is 8.72. The minimum Gasteiger partial charge on any atom is -0.354 e. The van der Waals surface area contributed by atoms with E-state index in [4.69, 9.17) is 11.6 Å². The Morgan fingerprint density at radius 2 is 1.81 bits per heavy atom. The Morgan fingerprint density at radius 3 is 2.42 bits per heavy atom. The van der Waals surface area contributed by atoms with Crippen LogP contribution in [0.15, 0.2) is 24.3 Å². The Bertz CT molecular complexity index is 634. The number of carbonyl (C=O) groups is 2. The monoisotopic (exact) mass is 391 g/mol. The van der Waals surface area contributed by atoms with Crippen molar-refractivity contribution >= 4 is 23.4 Å². The molecule has 26 heavy (non-hydrogen) atoms. The zero-order chi connectivity index (χ0) is 19.2. The van der Waals surface area contributed by atoms with Crippen molar-refractivity contribution in [3.05, 3.63) is 34.9 Å². The number of benzene rings is 1. The molecular weight excluding hydrogens is 371 g/mol. The van der Waals surface area contributed by atoms with Crippen LogP contribution in [-0.4, -0.2) is 49.1 Å². The molecule has 0 bridgehead atoms. The van der Waals surface area contributed by atoms with E-state index in [1.54, 1.807) is 11.4 Å². The van der Waals surface area contributed by atoms with E-state index in [1.807, 2.05) is 18.2 Å². The van der Waals surface area contributed by atoms with Gasteiger partial charge in [0.15, 0.2) is 0 Å². The number of hydrogen-bond acceptors (Lipinski definition) is 3. The van der Waals surface area contributed by atoms with Crippen LogP contribution in [-0.2, 0) is 9.59 Å². The lowest BCUT2D eigenvalue weighted by molar-refractivity contribution is -0.140. The zero-order valence-corrected chi connectivity index (χ0v) is 14.9. The van der Waals surface area contributed by atoms with Crippen molar-refractivity contribution < 1.29 is 22.8 Å². The number of amides is 2. The van der Waals surface area contributed by atoms with E-state index in [0.29, 0.717) is 5.02 Å². The lowest BCUT2D eigenvalue weighted by Crippen LogP contribution is -2.40. The third-order valence-electron chi connectivity index (χ3n) is 4.11. The molecule has 1 aliphatic heterocycles. The number of halogens is 4. The number of likely N-dealkylation sites (tertiary alicyclic amines) is 1. The maximum atomic E-state index is 12.1. The number of nitrogens with one attached hydrogen (secondary N) is 2. The summed E-state index contributed by atoms with van der Waals surface area (Å²) in [4.78, 5) is 25.5. The van der Waals surface area contributed by atoms with Crippen LogP contribution in [0, 0.1) is 0 Å². The molecule has 0 radical (unpaired) electrons. The van der Waals surface area contributed by atoms with Gasteiger partial charge in [0.05, 0.1) is 6.04 Å². The highest BCUT2D eigenvalue weighted by atomic mass is 35.5. The van der Waals surface area contributed by atoms with Crippen molar-refractivity contribution in [2.75, 3.05) is 26.2 Å². The molecule has 1 fully saturated rings. The summed E-state index contributed by atoms with van der Waals surface area (Å²) >= 11 is 6.05. The molecule has 0 unspecified atom stereocenters. The predicted octanol–water partition coefficient (Wildman–Crippen LogP) is 2.66. The van der Waals surface area contributed by atoms with Gasteiger partial charge < -0.3 is 10.6 Å². The fraction of sp³-hybridized carbons (Fsp3) is 0.529. The summed E-state index contributed by atoms with van der Waals surface area (Å²) in [6.07, 6.45) is -3.02. The smallest absolute Gasteiger partial charge is 0.354 e. The molecule has 0 spiro atoms. The second-order valence-electron chi connectivity index (χ2n) is 6.19. The van der Waals surface area contributed by atoms with Gasteiger partial charge >= 0.3 is 6.18 Å². The summed E-state index contributed by atoms with van der Waals surface area (Å²) in [6.45, 7) is 0.585. The minimum absolute atomic E-state index is 0.0987. The van der Waals surface area contributed by atoms with E-state index in [-0.39, 0.29) is 12.6 Å². The van der Waals surface area contributed by atoms with E-state index in [1.165, 1.54) is 0 Å². The van der Waals surface area contributed by atoms with Crippen LogP contribution in [0.4, 0.5) is 13.2 Å². The number of carbonyl (C=O) groups excluding carboxylic acids is 2. The Labute approximate surface area is 154 Å².